The SMILES string of the molecule is CC(C)CNC(=O)C(Cc1ccccc1)N(Cc1cccc(Cl)c1)C(=O)CN(c1ccc(Cl)cc1)S(C)(=O)=O. The van der Waals surface area contributed by atoms with Gasteiger partial charge in [0.1, 0.15) is 12.6 Å². The van der Waals surface area contributed by atoms with Crippen molar-refractivity contribution in [3.8, 4) is 0 Å². The Kier molecular flexibility index (Phi) is 10.8. The molecule has 0 spiro atoms. The number of nitrogens with one attached hydrogen (secondary N) is 1. The molecule has 0 aliphatic carbocycles. The maximum atomic E-state index is 14.0. The number of halogens is 2. The van der Waals surface area contributed by atoms with Gasteiger partial charge < -0.3 is 10.2 Å². The first-order valence-corrected chi connectivity index (χ1v) is 15.1. The molecule has 3 aromatic rings. The summed E-state index contributed by atoms with van der Waals surface area (Å²) in [6.45, 7) is 3.96. The number of amides is 2. The minimum Gasteiger partial charge on any atom is -0.354 e. The second-order valence-electron chi connectivity index (χ2n) is 9.74. The zero-order valence-corrected chi connectivity index (χ0v) is 24.5. The molecule has 2 amide bonds. The van der Waals surface area contributed by atoms with Crippen LogP contribution in [0.1, 0.15) is 25.0 Å². The standard InChI is InChI=1S/C29H33Cl2N3O4S/c1-21(2)18-32-29(36)27(17-22-8-5-4-6-9-22)33(19-23-10-7-11-25(31)16-23)28(35)20-34(39(3,37)38)26-14-12-24(30)13-15-26/h4-16,21,27H,17-20H2,1-3H3,(H,32,36). The number of anilines is 1. The summed E-state index contributed by atoms with van der Waals surface area (Å²) < 4.78 is 26.6. The smallest absolute Gasteiger partial charge is 0.244 e. The van der Waals surface area contributed by atoms with Crippen molar-refractivity contribution in [1.82, 2.24) is 10.2 Å². The van der Waals surface area contributed by atoms with E-state index >= 15 is 0 Å². The summed E-state index contributed by atoms with van der Waals surface area (Å²) in [4.78, 5) is 29.0. The quantitative estimate of drug-likeness (QED) is 0.315. The molecule has 0 saturated carbocycles. The van der Waals surface area contributed by atoms with Crippen LogP contribution in [0.25, 0.3) is 0 Å². The number of rotatable bonds is 12. The molecule has 3 aromatic carbocycles. The van der Waals surface area contributed by atoms with Crippen molar-refractivity contribution >= 4 is 50.7 Å². The lowest BCUT2D eigenvalue weighted by atomic mass is 10.0. The minimum absolute atomic E-state index is 0.0597. The van der Waals surface area contributed by atoms with Gasteiger partial charge in [-0.2, -0.15) is 0 Å². The molecule has 7 nitrogen and oxygen atoms in total. The molecule has 1 unspecified atom stereocenters. The summed E-state index contributed by atoms with van der Waals surface area (Å²) in [6, 6.07) is 21.7. The highest BCUT2D eigenvalue weighted by molar-refractivity contribution is 7.92. The van der Waals surface area contributed by atoms with Crippen LogP contribution in [0.3, 0.4) is 0 Å². The van der Waals surface area contributed by atoms with E-state index in [1.54, 1.807) is 30.3 Å². The van der Waals surface area contributed by atoms with E-state index in [4.69, 9.17) is 23.2 Å². The number of sulfonamides is 1. The fourth-order valence-electron chi connectivity index (χ4n) is 4.03. The van der Waals surface area contributed by atoms with Crippen molar-refractivity contribution in [2.24, 2.45) is 5.92 Å². The first kappa shape index (κ1) is 30.5. The number of hydrogen-bond donors (Lipinski definition) is 1. The van der Waals surface area contributed by atoms with Gasteiger partial charge in [-0.1, -0.05) is 79.5 Å². The van der Waals surface area contributed by atoms with Gasteiger partial charge in [0.2, 0.25) is 21.8 Å². The van der Waals surface area contributed by atoms with Crippen LogP contribution < -0.4 is 9.62 Å². The number of hydrogen-bond acceptors (Lipinski definition) is 4. The van der Waals surface area contributed by atoms with Crippen LogP contribution in [0.2, 0.25) is 10.0 Å². The van der Waals surface area contributed by atoms with E-state index in [2.05, 4.69) is 5.32 Å². The van der Waals surface area contributed by atoms with Gasteiger partial charge in [-0.15, -0.1) is 0 Å². The van der Waals surface area contributed by atoms with Gasteiger partial charge >= 0.3 is 0 Å². The minimum atomic E-state index is -3.84. The highest BCUT2D eigenvalue weighted by Crippen LogP contribution is 2.23. The normalized spacial score (nSPS) is 12.2. The summed E-state index contributed by atoms with van der Waals surface area (Å²) in [6.07, 6.45) is 1.28. The van der Waals surface area contributed by atoms with E-state index in [-0.39, 0.29) is 24.8 Å². The first-order valence-electron chi connectivity index (χ1n) is 12.5. The van der Waals surface area contributed by atoms with Gasteiger partial charge in [-0.25, -0.2) is 8.42 Å². The van der Waals surface area contributed by atoms with Gasteiger partial charge in [0.05, 0.1) is 11.9 Å². The average Bonchev–Trinajstić information content (AvgIpc) is 2.88. The first-order chi connectivity index (χ1) is 18.4. The van der Waals surface area contributed by atoms with Crippen LogP contribution in [-0.4, -0.2) is 50.5 Å². The number of nitrogens with zero attached hydrogens (tertiary/aromatic N) is 2. The highest BCUT2D eigenvalue weighted by Gasteiger charge is 2.33. The topological polar surface area (TPSA) is 86.8 Å². The third-order valence-electron chi connectivity index (χ3n) is 5.99. The summed E-state index contributed by atoms with van der Waals surface area (Å²) in [5.41, 5.74) is 1.87. The summed E-state index contributed by atoms with van der Waals surface area (Å²) >= 11 is 12.2. The molecule has 39 heavy (non-hydrogen) atoms. The van der Waals surface area contributed by atoms with Crippen LogP contribution in [0.5, 0.6) is 0 Å². The summed E-state index contributed by atoms with van der Waals surface area (Å²) in [7, 11) is -3.84. The van der Waals surface area contributed by atoms with E-state index in [0.29, 0.717) is 27.8 Å². The van der Waals surface area contributed by atoms with Gasteiger partial charge in [0.25, 0.3) is 0 Å². The molecule has 0 aliphatic heterocycles. The van der Waals surface area contributed by atoms with E-state index in [1.165, 1.54) is 17.0 Å². The zero-order chi connectivity index (χ0) is 28.6. The lowest BCUT2D eigenvalue weighted by Gasteiger charge is -2.33. The molecule has 0 fully saturated rings. The molecule has 0 bridgehead atoms. The lowest BCUT2D eigenvalue weighted by molar-refractivity contribution is -0.140. The third kappa shape index (κ3) is 9.27. The van der Waals surface area contributed by atoms with Gasteiger partial charge in [0, 0.05) is 29.6 Å². The zero-order valence-electron chi connectivity index (χ0n) is 22.2. The maximum Gasteiger partial charge on any atom is 0.244 e. The van der Waals surface area contributed by atoms with E-state index in [0.717, 1.165) is 16.1 Å². The third-order valence-corrected chi connectivity index (χ3v) is 7.62. The van der Waals surface area contributed by atoms with Crippen molar-refractivity contribution < 1.29 is 18.0 Å². The molecular weight excluding hydrogens is 557 g/mol. The summed E-state index contributed by atoms with van der Waals surface area (Å²) in [5, 5.41) is 3.88. The van der Waals surface area contributed by atoms with Gasteiger partial charge in [0.15, 0.2) is 0 Å². The number of carbonyl (C=O) groups excluding carboxylic acids is 2. The Morgan fingerprint density at radius 2 is 1.51 bits per heavy atom. The Hall–Kier alpha value is -3.07. The summed E-state index contributed by atoms with van der Waals surface area (Å²) in [5.74, 6) is -0.648. The van der Waals surface area contributed by atoms with Crippen LogP contribution >= 0.6 is 23.2 Å². The Labute approximate surface area is 240 Å². The number of benzene rings is 3. The Balaban J connectivity index is 2.04. The predicted octanol–water partition coefficient (Wildman–Crippen LogP) is 5.17. The van der Waals surface area contributed by atoms with Gasteiger partial charge in [-0.05, 0) is 53.4 Å². The molecule has 0 saturated heterocycles. The molecule has 0 aliphatic rings. The van der Waals surface area contributed by atoms with Crippen molar-refractivity contribution in [3.05, 3.63) is 100 Å². The van der Waals surface area contributed by atoms with E-state index in [1.807, 2.05) is 50.2 Å². The predicted molar refractivity (Wildman–Crippen MR) is 157 cm³/mol. The number of carbonyl (C=O) groups is 2. The molecule has 10 heteroatoms. The Bertz CT molecular complexity index is 1370. The fourth-order valence-corrected chi connectivity index (χ4v) is 5.22. The molecule has 208 valence electrons. The molecule has 1 N–H and O–H groups in total. The Morgan fingerprint density at radius 3 is 2.10 bits per heavy atom. The van der Waals surface area contributed by atoms with Crippen molar-refractivity contribution in [2.45, 2.75) is 32.9 Å². The largest absolute Gasteiger partial charge is 0.354 e. The van der Waals surface area contributed by atoms with E-state index in [9.17, 15) is 18.0 Å². The molecule has 0 radical (unpaired) electrons. The van der Waals surface area contributed by atoms with Crippen LogP contribution in [0, 0.1) is 5.92 Å². The van der Waals surface area contributed by atoms with E-state index < -0.39 is 28.5 Å². The fraction of sp³-hybridized carbons (Fsp3) is 0.310. The van der Waals surface area contributed by atoms with Crippen molar-refractivity contribution in [1.29, 1.82) is 0 Å². The molecular formula is C29H33Cl2N3O4S. The Morgan fingerprint density at radius 1 is 0.872 bits per heavy atom. The monoisotopic (exact) mass is 589 g/mol. The van der Waals surface area contributed by atoms with Crippen LogP contribution in [0.4, 0.5) is 5.69 Å². The highest BCUT2D eigenvalue weighted by atomic mass is 35.5. The molecule has 3 rings (SSSR count). The molecule has 0 aromatic heterocycles. The van der Waals surface area contributed by atoms with Crippen molar-refractivity contribution in [3.63, 3.8) is 0 Å². The van der Waals surface area contributed by atoms with Gasteiger partial charge in [-0.3, -0.25) is 13.9 Å². The van der Waals surface area contributed by atoms with Crippen molar-refractivity contribution in [2.75, 3.05) is 23.7 Å². The molecule has 0 heterocycles. The average molecular weight is 591 g/mol. The lowest BCUT2D eigenvalue weighted by Crippen LogP contribution is -2.53. The molecule has 1 atom stereocenters. The van der Waals surface area contributed by atoms with Crippen LogP contribution in [-0.2, 0) is 32.6 Å². The van der Waals surface area contributed by atoms with Crippen LogP contribution in [0.15, 0.2) is 78.9 Å². The second-order valence-corrected chi connectivity index (χ2v) is 12.5. The second kappa shape index (κ2) is 13.8. The maximum absolute atomic E-state index is 14.0.